The molecule has 0 bridgehead atoms. The highest BCUT2D eigenvalue weighted by atomic mass is 16.6. The molecule has 5 heteroatoms. The van der Waals surface area contributed by atoms with Crippen LogP contribution in [-0.4, -0.2) is 12.0 Å². The largest absolute Gasteiger partial charge is 0.417 e. The van der Waals surface area contributed by atoms with Gasteiger partial charge in [0.15, 0.2) is 0 Å². The van der Waals surface area contributed by atoms with Gasteiger partial charge in [0.25, 0.3) is 0 Å². The summed E-state index contributed by atoms with van der Waals surface area (Å²) in [7, 11) is 0. The topological polar surface area (TPSA) is 67.4 Å². The van der Waals surface area contributed by atoms with Crippen molar-refractivity contribution < 1.29 is 14.3 Å². The van der Waals surface area contributed by atoms with Gasteiger partial charge in [-0.25, -0.2) is 4.79 Å². The first-order valence-corrected chi connectivity index (χ1v) is 6.61. The molecule has 0 saturated carbocycles. The molecule has 108 valence electrons. The van der Waals surface area contributed by atoms with Crippen molar-refractivity contribution in [3.8, 4) is 5.75 Å². The predicted molar refractivity (Wildman–Crippen MR) is 81.5 cm³/mol. The van der Waals surface area contributed by atoms with Crippen LogP contribution in [-0.2, 0) is 4.79 Å². The highest BCUT2D eigenvalue weighted by molar-refractivity contribution is 5.91. The molecule has 0 aliphatic heterocycles. The number of carbonyl (C=O) groups is 2. The van der Waals surface area contributed by atoms with Crippen molar-refractivity contribution in [2.75, 3.05) is 10.6 Å². The lowest BCUT2D eigenvalue weighted by Crippen LogP contribution is -2.16. The quantitative estimate of drug-likeness (QED) is 0.900. The first kappa shape index (κ1) is 14.6. The lowest BCUT2D eigenvalue weighted by atomic mass is 10.2. The summed E-state index contributed by atoms with van der Waals surface area (Å²) in [5, 5.41) is 5.34. The number of hydrogen-bond acceptors (Lipinski definition) is 3. The second-order valence-electron chi connectivity index (χ2n) is 4.31. The molecule has 2 aromatic carbocycles. The minimum absolute atomic E-state index is 0.0563. The molecule has 21 heavy (non-hydrogen) atoms. The van der Waals surface area contributed by atoms with E-state index in [1.165, 1.54) is 0 Å². The van der Waals surface area contributed by atoms with Gasteiger partial charge in [-0.2, -0.15) is 0 Å². The first-order valence-electron chi connectivity index (χ1n) is 6.61. The third-order valence-electron chi connectivity index (χ3n) is 2.69. The molecule has 0 radical (unpaired) electrons. The smallest absolute Gasteiger partial charge is 0.410 e. The minimum Gasteiger partial charge on any atom is -0.410 e. The van der Waals surface area contributed by atoms with Crippen molar-refractivity contribution >= 4 is 23.4 Å². The second kappa shape index (κ2) is 7.09. The van der Waals surface area contributed by atoms with Crippen LogP contribution < -0.4 is 15.4 Å². The number of benzene rings is 2. The molecule has 5 nitrogen and oxygen atoms in total. The van der Waals surface area contributed by atoms with E-state index in [4.69, 9.17) is 4.74 Å². The summed E-state index contributed by atoms with van der Waals surface area (Å²) >= 11 is 0. The van der Waals surface area contributed by atoms with Crippen molar-refractivity contribution in [1.82, 2.24) is 0 Å². The normalized spacial score (nSPS) is 9.76. The Kier molecular flexibility index (Phi) is 4.93. The van der Waals surface area contributed by atoms with Crippen LogP contribution in [0.1, 0.15) is 13.3 Å². The van der Waals surface area contributed by atoms with E-state index in [0.29, 0.717) is 23.5 Å². The van der Waals surface area contributed by atoms with E-state index >= 15 is 0 Å². The predicted octanol–water partition coefficient (Wildman–Crippen LogP) is 3.65. The molecule has 0 aliphatic rings. The van der Waals surface area contributed by atoms with Crippen LogP contribution >= 0.6 is 0 Å². The average Bonchev–Trinajstić information content (AvgIpc) is 2.50. The third kappa shape index (κ3) is 4.65. The van der Waals surface area contributed by atoms with Crippen LogP contribution in [0.3, 0.4) is 0 Å². The molecule has 0 fully saturated rings. The van der Waals surface area contributed by atoms with E-state index < -0.39 is 6.09 Å². The molecule has 0 aromatic heterocycles. The molecular weight excluding hydrogens is 268 g/mol. The van der Waals surface area contributed by atoms with Crippen LogP contribution in [0.5, 0.6) is 5.75 Å². The van der Waals surface area contributed by atoms with E-state index in [-0.39, 0.29) is 5.91 Å². The summed E-state index contributed by atoms with van der Waals surface area (Å²) in [6.45, 7) is 1.78. The maximum atomic E-state index is 11.7. The zero-order valence-corrected chi connectivity index (χ0v) is 11.6. The Labute approximate surface area is 122 Å². The average molecular weight is 284 g/mol. The molecule has 0 heterocycles. The number of amides is 2. The summed E-state index contributed by atoms with van der Waals surface area (Å²) in [5.41, 5.74) is 1.27. The second-order valence-corrected chi connectivity index (χ2v) is 4.31. The Hall–Kier alpha value is -2.82. The number of nitrogens with one attached hydrogen (secondary N) is 2. The van der Waals surface area contributed by atoms with Gasteiger partial charge >= 0.3 is 6.09 Å². The van der Waals surface area contributed by atoms with E-state index in [1.54, 1.807) is 55.5 Å². The van der Waals surface area contributed by atoms with Crippen molar-refractivity contribution in [2.45, 2.75) is 13.3 Å². The fraction of sp³-hybridized carbons (Fsp3) is 0.125. The van der Waals surface area contributed by atoms with Crippen molar-refractivity contribution in [3.05, 3.63) is 54.6 Å². The van der Waals surface area contributed by atoms with E-state index in [0.717, 1.165) is 0 Å². The fourth-order valence-electron chi connectivity index (χ4n) is 1.63. The van der Waals surface area contributed by atoms with Crippen LogP contribution in [0.25, 0.3) is 0 Å². The minimum atomic E-state index is -0.563. The molecular formula is C16H16N2O3. The molecule has 2 amide bonds. The number of ether oxygens (including phenoxy) is 1. The maximum Gasteiger partial charge on any atom is 0.417 e. The van der Waals surface area contributed by atoms with Crippen LogP contribution in [0.4, 0.5) is 16.2 Å². The van der Waals surface area contributed by atoms with Gasteiger partial charge in [-0.3, -0.25) is 10.1 Å². The molecule has 0 spiro atoms. The number of carbonyl (C=O) groups excluding carboxylic acids is 2. The zero-order valence-electron chi connectivity index (χ0n) is 11.6. The number of rotatable bonds is 4. The van der Waals surface area contributed by atoms with Gasteiger partial charge in [0, 0.05) is 17.8 Å². The van der Waals surface area contributed by atoms with E-state index in [9.17, 15) is 9.59 Å². The molecule has 0 unspecified atom stereocenters. The van der Waals surface area contributed by atoms with Gasteiger partial charge in [0.1, 0.15) is 5.75 Å². The van der Waals surface area contributed by atoms with Gasteiger partial charge in [-0.05, 0) is 36.4 Å². The van der Waals surface area contributed by atoms with Gasteiger partial charge in [0.05, 0.1) is 0 Å². The lowest BCUT2D eigenvalue weighted by molar-refractivity contribution is -0.115. The zero-order chi connectivity index (χ0) is 15.1. The summed E-state index contributed by atoms with van der Waals surface area (Å²) in [6, 6.07) is 15.6. The highest BCUT2D eigenvalue weighted by Gasteiger charge is 2.05. The number of anilines is 2. The number of hydrogen-bond donors (Lipinski definition) is 2. The van der Waals surface area contributed by atoms with Gasteiger partial charge in [0.2, 0.25) is 5.91 Å². The lowest BCUT2D eigenvalue weighted by Gasteiger charge is -2.08. The highest BCUT2D eigenvalue weighted by Crippen LogP contribution is 2.15. The van der Waals surface area contributed by atoms with Gasteiger partial charge in [-0.1, -0.05) is 25.1 Å². The molecule has 0 aliphatic carbocycles. The van der Waals surface area contributed by atoms with Crippen molar-refractivity contribution in [3.63, 3.8) is 0 Å². The molecule has 2 rings (SSSR count). The summed E-state index contributed by atoms with van der Waals surface area (Å²) in [4.78, 5) is 22.9. The van der Waals surface area contributed by atoms with Crippen molar-refractivity contribution in [1.29, 1.82) is 0 Å². The standard InChI is InChI=1S/C16H16N2O3/c1-2-15(19)17-12-8-10-13(11-9-12)18-16(20)21-14-6-4-3-5-7-14/h3-11H,2H2,1H3,(H,17,19)(H,18,20). The van der Waals surface area contributed by atoms with E-state index in [1.807, 2.05) is 6.07 Å². The Balaban J connectivity index is 1.91. The Morgan fingerprint density at radius 2 is 1.48 bits per heavy atom. The summed E-state index contributed by atoms with van der Waals surface area (Å²) in [6.07, 6.45) is -0.143. The monoisotopic (exact) mass is 284 g/mol. The van der Waals surface area contributed by atoms with E-state index in [2.05, 4.69) is 10.6 Å². The molecule has 2 N–H and O–H groups in total. The SMILES string of the molecule is CCC(=O)Nc1ccc(NC(=O)Oc2ccccc2)cc1. The van der Waals surface area contributed by atoms with Gasteiger partial charge in [-0.15, -0.1) is 0 Å². The van der Waals surface area contributed by atoms with Crippen LogP contribution in [0.15, 0.2) is 54.6 Å². The first-order chi connectivity index (χ1) is 10.2. The number of para-hydroxylation sites is 1. The Morgan fingerprint density at radius 3 is 2.05 bits per heavy atom. The molecule has 0 saturated heterocycles. The fourth-order valence-corrected chi connectivity index (χ4v) is 1.63. The Morgan fingerprint density at radius 1 is 0.905 bits per heavy atom. The third-order valence-corrected chi connectivity index (χ3v) is 2.69. The summed E-state index contributed by atoms with van der Waals surface area (Å²) < 4.78 is 5.11. The van der Waals surface area contributed by atoms with Crippen molar-refractivity contribution in [2.24, 2.45) is 0 Å². The summed E-state index contributed by atoms with van der Waals surface area (Å²) in [5.74, 6) is 0.418. The van der Waals surface area contributed by atoms with Gasteiger partial charge < -0.3 is 10.1 Å². The molecule has 2 aromatic rings. The molecule has 0 atom stereocenters. The van der Waals surface area contributed by atoms with Crippen LogP contribution in [0, 0.1) is 0 Å². The Bertz CT molecular complexity index is 609. The van der Waals surface area contributed by atoms with Crippen LogP contribution in [0.2, 0.25) is 0 Å². The maximum absolute atomic E-state index is 11.7.